The van der Waals surface area contributed by atoms with Gasteiger partial charge in [-0.2, -0.15) is 5.10 Å². The fourth-order valence-corrected chi connectivity index (χ4v) is 0.715. The Hall–Kier alpha value is -0.870. The Balaban J connectivity index is 2.68. The molecule has 0 aromatic carbocycles. The summed E-state index contributed by atoms with van der Waals surface area (Å²) in [5.41, 5.74) is 6.09. The molecule has 1 aromatic rings. The van der Waals surface area contributed by atoms with E-state index in [2.05, 4.69) is 10.2 Å². The normalized spacial score (nSPS) is 16.7. The highest BCUT2D eigenvalue weighted by atomic mass is 16.3. The zero-order valence-electron chi connectivity index (χ0n) is 5.78. The van der Waals surface area contributed by atoms with Gasteiger partial charge in [0.05, 0.1) is 5.69 Å². The van der Waals surface area contributed by atoms with Crippen molar-refractivity contribution >= 4 is 0 Å². The van der Waals surface area contributed by atoms with Gasteiger partial charge in [0.1, 0.15) is 6.10 Å². The molecule has 2 atom stereocenters. The maximum atomic E-state index is 9.29. The van der Waals surface area contributed by atoms with E-state index >= 15 is 0 Å². The van der Waals surface area contributed by atoms with Crippen LogP contribution in [-0.4, -0.2) is 21.3 Å². The lowest BCUT2D eigenvalue weighted by molar-refractivity contribution is 0.148. The fourth-order valence-electron chi connectivity index (χ4n) is 0.715. The molecule has 56 valence electrons. The zero-order valence-corrected chi connectivity index (χ0v) is 5.78. The van der Waals surface area contributed by atoms with Crippen LogP contribution in [0.25, 0.3) is 0 Å². The third kappa shape index (κ3) is 1.34. The Kier molecular flexibility index (Phi) is 2.03. The minimum Gasteiger partial charge on any atom is -0.385 e. The second-order valence-electron chi connectivity index (χ2n) is 2.32. The molecule has 1 heterocycles. The van der Waals surface area contributed by atoms with Crippen molar-refractivity contribution in [1.82, 2.24) is 10.2 Å². The van der Waals surface area contributed by atoms with Crippen LogP contribution in [0.5, 0.6) is 0 Å². The Morgan fingerprint density at radius 2 is 2.50 bits per heavy atom. The number of nitrogens with two attached hydrogens (primary N) is 1. The van der Waals surface area contributed by atoms with Crippen molar-refractivity contribution in [2.24, 2.45) is 5.73 Å². The predicted octanol–water partition coefficient (Wildman–Crippen LogP) is -0.210. The Labute approximate surface area is 59.1 Å². The van der Waals surface area contributed by atoms with Crippen LogP contribution in [0.4, 0.5) is 0 Å². The van der Waals surface area contributed by atoms with Crippen LogP contribution in [0.15, 0.2) is 12.3 Å². The molecule has 10 heavy (non-hydrogen) atoms. The van der Waals surface area contributed by atoms with E-state index in [1.54, 1.807) is 19.2 Å². The van der Waals surface area contributed by atoms with Crippen LogP contribution in [0.2, 0.25) is 0 Å². The van der Waals surface area contributed by atoms with E-state index < -0.39 is 6.10 Å². The van der Waals surface area contributed by atoms with Gasteiger partial charge in [-0.25, -0.2) is 0 Å². The highest BCUT2D eigenvalue weighted by Crippen LogP contribution is 2.10. The summed E-state index contributed by atoms with van der Waals surface area (Å²) in [5.74, 6) is 0. The Morgan fingerprint density at radius 3 is 2.90 bits per heavy atom. The van der Waals surface area contributed by atoms with Crippen molar-refractivity contribution in [3.63, 3.8) is 0 Å². The van der Waals surface area contributed by atoms with Crippen molar-refractivity contribution in [3.8, 4) is 0 Å². The number of hydrogen-bond acceptors (Lipinski definition) is 3. The molecule has 1 rings (SSSR count). The van der Waals surface area contributed by atoms with Gasteiger partial charge in [0, 0.05) is 12.2 Å². The quantitative estimate of drug-likeness (QED) is 0.533. The highest BCUT2D eigenvalue weighted by molar-refractivity contribution is 5.03. The van der Waals surface area contributed by atoms with Crippen LogP contribution < -0.4 is 5.73 Å². The molecule has 0 amide bonds. The first kappa shape index (κ1) is 7.24. The topological polar surface area (TPSA) is 74.9 Å². The Bertz CT molecular complexity index is 183. The van der Waals surface area contributed by atoms with Gasteiger partial charge in [0.2, 0.25) is 0 Å². The van der Waals surface area contributed by atoms with Gasteiger partial charge < -0.3 is 10.8 Å². The summed E-state index contributed by atoms with van der Waals surface area (Å²) < 4.78 is 0. The van der Waals surface area contributed by atoms with Crippen LogP contribution in [0.1, 0.15) is 18.7 Å². The SMILES string of the molecule is CC(N)C(O)c1ccn[nH]1. The molecular formula is C6H11N3O. The number of aliphatic hydroxyl groups excluding tert-OH is 1. The highest BCUT2D eigenvalue weighted by Gasteiger charge is 2.12. The van der Waals surface area contributed by atoms with Crippen molar-refractivity contribution < 1.29 is 5.11 Å². The van der Waals surface area contributed by atoms with Gasteiger partial charge in [0.25, 0.3) is 0 Å². The van der Waals surface area contributed by atoms with E-state index in [9.17, 15) is 5.11 Å². The maximum absolute atomic E-state index is 9.29. The first-order chi connectivity index (χ1) is 4.72. The summed E-state index contributed by atoms with van der Waals surface area (Å²) in [6.45, 7) is 1.74. The molecule has 0 radical (unpaired) electrons. The molecule has 0 saturated carbocycles. The second-order valence-corrected chi connectivity index (χ2v) is 2.32. The number of rotatable bonds is 2. The minimum absolute atomic E-state index is 0.263. The number of aliphatic hydroxyl groups is 1. The first-order valence-electron chi connectivity index (χ1n) is 3.14. The van der Waals surface area contributed by atoms with Gasteiger partial charge in [-0.3, -0.25) is 5.10 Å². The first-order valence-corrected chi connectivity index (χ1v) is 3.14. The summed E-state index contributed by atoms with van der Waals surface area (Å²) in [6, 6.07) is 1.44. The summed E-state index contributed by atoms with van der Waals surface area (Å²) in [4.78, 5) is 0. The third-order valence-electron chi connectivity index (χ3n) is 1.34. The van der Waals surface area contributed by atoms with E-state index in [-0.39, 0.29) is 6.04 Å². The molecule has 0 spiro atoms. The number of nitrogens with zero attached hydrogens (tertiary/aromatic N) is 1. The fraction of sp³-hybridized carbons (Fsp3) is 0.500. The summed E-state index contributed by atoms with van der Waals surface area (Å²) in [6.07, 6.45) is 0.948. The Morgan fingerprint density at radius 1 is 1.80 bits per heavy atom. The molecule has 4 heteroatoms. The predicted molar refractivity (Wildman–Crippen MR) is 37.2 cm³/mol. The van der Waals surface area contributed by atoms with Crippen molar-refractivity contribution in [2.75, 3.05) is 0 Å². The maximum Gasteiger partial charge on any atom is 0.110 e. The lowest BCUT2D eigenvalue weighted by atomic mass is 10.1. The number of nitrogens with one attached hydrogen (secondary N) is 1. The summed E-state index contributed by atoms with van der Waals surface area (Å²) in [7, 11) is 0. The molecule has 4 nitrogen and oxygen atoms in total. The lowest BCUT2D eigenvalue weighted by Gasteiger charge is -2.10. The van der Waals surface area contributed by atoms with Crippen molar-refractivity contribution in [2.45, 2.75) is 19.1 Å². The molecule has 0 aliphatic carbocycles. The molecule has 0 saturated heterocycles. The second kappa shape index (κ2) is 2.81. The monoisotopic (exact) mass is 141 g/mol. The third-order valence-corrected chi connectivity index (χ3v) is 1.34. The van der Waals surface area contributed by atoms with Gasteiger partial charge in [-0.05, 0) is 13.0 Å². The van der Waals surface area contributed by atoms with Crippen molar-refractivity contribution in [3.05, 3.63) is 18.0 Å². The molecule has 0 bridgehead atoms. The molecule has 1 aromatic heterocycles. The molecule has 2 unspecified atom stereocenters. The number of hydrogen-bond donors (Lipinski definition) is 3. The lowest BCUT2D eigenvalue weighted by Crippen LogP contribution is -2.24. The van der Waals surface area contributed by atoms with Gasteiger partial charge in [-0.15, -0.1) is 0 Å². The smallest absolute Gasteiger partial charge is 0.110 e. The van der Waals surface area contributed by atoms with Gasteiger partial charge in [-0.1, -0.05) is 0 Å². The molecule has 0 fully saturated rings. The van der Waals surface area contributed by atoms with E-state index in [1.165, 1.54) is 0 Å². The molecule has 0 aliphatic rings. The average molecular weight is 141 g/mol. The number of aromatic amines is 1. The van der Waals surface area contributed by atoms with Gasteiger partial charge in [0.15, 0.2) is 0 Å². The number of H-pyrrole nitrogens is 1. The van der Waals surface area contributed by atoms with Crippen LogP contribution in [0.3, 0.4) is 0 Å². The van der Waals surface area contributed by atoms with Gasteiger partial charge >= 0.3 is 0 Å². The van der Waals surface area contributed by atoms with Crippen LogP contribution in [-0.2, 0) is 0 Å². The van der Waals surface area contributed by atoms with E-state index in [4.69, 9.17) is 5.73 Å². The van der Waals surface area contributed by atoms with E-state index in [1.807, 2.05) is 0 Å². The molecular weight excluding hydrogens is 130 g/mol. The standard InChI is InChI=1S/C6H11N3O/c1-4(7)6(10)5-2-3-8-9-5/h2-4,6,10H,7H2,1H3,(H,8,9). The number of aromatic nitrogens is 2. The average Bonchev–Trinajstić information content (AvgIpc) is 2.36. The van der Waals surface area contributed by atoms with E-state index in [0.29, 0.717) is 5.69 Å². The van der Waals surface area contributed by atoms with Crippen molar-refractivity contribution in [1.29, 1.82) is 0 Å². The van der Waals surface area contributed by atoms with E-state index in [0.717, 1.165) is 0 Å². The van der Waals surface area contributed by atoms with Crippen LogP contribution >= 0.6 is 0 Å². The molecule has 4 N–H and O–H groups in total. The zero-order chi connectivity index (χ0) is 7.56. The summed E-state index contributed by atoms with van der Waals surface area (Å²) in [5, 5.41) is 15.6. The summed E-state index contributed by atoms with van der Waals surface area (Å²) >= 11 is 0. The molecule has 0 aliphatic heterocycles. The minimum atomic E-state index is -0.637. The van der Waals surface area contributed by atoms with Crippen LogP contribution in [0, 0.1) is 0 Å². The largest absolute Gasteiger partial charge is 0.385 e.